The molecule has 0 aromatic carbocycles. The second-order valence-electron chi connectivity index (χ2n) is 4.40. The molecule has 1 aromatic heterocycles. The van der Waals surface area contributed by atoms with Gasteiger partial charge in [-0.15, -0.1) is 0 Å². The third kappa shape index (κ3) is 2.83. The SMILES string of the molecule is Cc1nc(N)cc(NC2(CO)CCOCC2)n1. The minimum absolute atomic E-state index is 0.0549. The van der Waals surface area contributed by atoms with Crippen LogP contribution in [0.15, 0.2) is 6.07 Å². The first-order valence-electron chi connectivity index (χ1n) is 5.71. The molecule has 0 spiro atoms. The van der Waals surface area contributed by atoms with Gasteiger partial charge in [-0.25, -0.2) is 9.97 Å². The highest BCUT2D eigenvalue weighted by Crippen LogP contribution is 2.25. The van der Waals surface area contributed by atoms with Crippen LogP contribution in [0.2, 0.25) is 0 Å². The van der Waals surface area contributed by atoms with Crippen LogP contribution in [0.25, 0.3) is 0 Å². The Morgan fingerprint density at radius 3 is 2.76 bits per heavy atom. The molecule has 1 aliphatic heterocycles. The van der Waals surface area contributed by atoms with Crippen molar-refractivity contribution in [2.24, 2.45) is 0 Å². The number of hydrogen-bond donors (Lipinski definition) is 3. The Morgan fingerprint density at radius 1 is 1.47 bits per heavy atom. The van der Waals surface area contributed by atoms with Gasteiger partial charge in [0.25, 0.3) is 0 Å². The fourth-order valence-corrected chi connectivity index (χ4v) is 2.01. The van der Waals surface area contributed by atoms with E-state index in [9.17, 15) is 5.11 Å². The van der Waals surface area contributed by atoms with Crippen molar-refractivity contribution in [2.75, 3.05) is 30.9 Å². The van der Waals surface area contributed by atoms with E-state index in [1.165, 1.54) is 0 Å². The Labute approximate surface area is 100 Å². The van der Waals surface area contributed by atoms with E-state index in [-0.39, 0.29) is 12.1 Å². The van der Waals surface area contributed by atoms with Crippen LogP contribution >= 0.6 is 0 Å². The molecule has 0 bridgehead atoms. The summed E-state index contributed by atoms with van der Waals surface area (Å²) in [4.78, 5) is 8.28. The number of aromatic nitrogens is 2. The third-order valence-electron chi connectivity index (χ3n) is 3.00. The lowest BCUT2D eigenvalue weighted by atomic mass is 9.91. The largest absolute Gasteiger partial charge is 0.394 e. The van der Waals surface area contributed by atoms with Crippen LogP contribution < -0.4 is 11.1 Å². The number of rotatable bonds is 3. The number of nitrogen functional groups attached to an aromatic ring is 1. The maximum absolute atomic E-state index is 9.55. The predicted octanol–water partition coefficient (Wildman–Crippen LogP) is 0.321. The molecule has 1 aromatic rings. The maximum atomic E-state index is 9.55. The number of aliphatic hydroxyl groups excluding tert-OH is 1. The summed E-state index contributed by atoms with van der Waals surface area (Å²) in [6.07, 6.45) is 1.51. The van der Waals surface area contributed by atoms with E-state index >= 15 is 0 Å². The summed E-state index contributed by atoms with van der Waals surface area (Å²) in [6, 6.07) is 1.68. The molecule has 0 atom stereocenters. The molecule has 0 aliphatic carbocycles. The highest BCUT2D eigenvalue weighted by Gasteiger charge is 2.32. The van der Waals surface area contributed by atoms with Crippen molar-refractivity contribution in [2.45, 2.75) is 25.3 Å². The molecule has 2 heterocycles. The first-order chi connectivity index (χ1) is 8.13. The summed E-state index contributed by atoms with van der Waals surface area (Å²) >= 11 is 0. The van der Waals surface area contributed by atoms with Gasteiger partial charge in [-0.1, -0.05) is 0 Å². The van der Waals surface area contributed by atoms with Crippen LogP contribution in [0.4, 0.5) is 11.6 Å². The molecule has 0 radical (unpaired) electrons. The number of anilines is 2. The van der Waals surface area contributed by atoms with Gasteiger partial charge >= 0.3 is 0 Å². The van der Waals surface area contributed by atoms with Gasteiger partial charge in [0.2, 0.25) is 0 Å². The van der Waals surface area contributed by atoms with E-state index in [1.54, 1.807) is 13.0 Å². The minimum Gasteiger partial charge on any atom is -0.394 e. The van der Waals surface area contributed by atoms with Crippen molar-refractivity contribution in [3.05, 3.63) is 11.9 Å². The minimum atomic E-state index is -0.356. The molecule has 0 amide bonds. The summed E-state index contributed by atoms with van der Waals surface area (Å²) in [7, 11) is 0. The van der Waals surface area contributed by atoms with E-state index in [0.29, 0.717) is 30.7 Å². The Hall–Kier alpha value is -1.40. The smallest absolute Gasteiger partial charge is 0.132 e. The van der Waals surface area contributed by atoms with E-state index in [4.69, 9.17) is 10.5 Å². The van der Waals surface area contributed by atoms with Crippen molar-refractivity contribution in [3.8, 4) is 0 Å². The molecule has 17 heavy (non-hydrogen) atoms. The number of ether oxygens (including phenoxy) is 1. The lowest BCUT2D eigenvalue weighted by Crippen LogP contribution is -2.47. The molecule has 1 fully saturated rings. The second kappa shape index (κ2) is 4.85. The highest BCUT2D eigenvalue weighted by molar-refractivity contribution is 5.46. The summed E-state index contributed by atoms with van der Waals surface area (Å²) in [6.45, 7) is 3.14. The average Bonchev–Trinajstić information content (AvgIpc) is 2.29. The van der Waals surface area contributed by atoms with Crippen molar-refractivity contribution in [1.82, 2.24) is 9.97 Å². The number of aliphatic hydroxyl groups is 1. The van der Waals surface area contributed by atoms with E-state index < -0.39 is 0 Å². The third-order valence-corrected chi connectivity index (χ3v) is 3.00. The summed E-state index contributed by atoms with van der Waals surface area (Å²) in [5.74, 6) is 1.71. The van der Waals surface area contributed by atoms with Gasteiger partial charge in [0.1, 0.15) is 17.5 Å². The van der Waals surface area contributed by atoms with Gasteiger partial charge in [-0.05, 0) is 19.8 Å². The molecule has 6 heteroatoms. The predicted molar refractivity (Wildman–Crippen MR) is 64.7 cm³/mol. The zero-order chi connectivity index (χ0) is 12.3. The zero-order valence-corrected chi connectivity index (χ0v) is 9.94. The van der Waals surface area contributed by atoms with Gasteiger partial charge in [-0.3, -0.25) is 0 Å². The van der Waals surface area contributed by atoms with Crippen LogP contribution in [-0.2, 0) is 4.74 Å². The van der Waals surface area contributed by atoms with Gasteiger partial charge < -0.3 is 20.9 Å². The maximum Gasteiger partial charge on any atom is 0.132 e. The van der Waals surface area contributed by atoms with Crippen molar-refractivity contribution < 1.29 is 9.84 Å². The van der Waals surface area contributed by atoms with Crippen LogP contribution in [0.5, 0.6) is 0 Å². The molecule has 2 rings (SSSR count). The van der Waals surface area contributed by atoms with Crippen LogP contribution in [-0.4, -0.2) is 40.4 Å². The Balaban J connectivity index is 2.17. The van der Waals surface area contributed by atoms with Gasteiger partial charge in [0.05, 0.1) is 12.1 Å². The van der Waals surface area contributed by atoms with Crippen LogP contribution in [0, 0.1) is 6.92 Å². The fourth-order valence-electron chi connectivity index (χ4n) is 2.01. The standard InChI is InChI=1S/C11H18N4O2/c1-8-13-9(12)6-10(14-8)15-11(7-16)2-4-17-5-3-11/h6,16H,2-5,7H2,1H3,(H3,12,13,14,15). The topological polar surface area (TPSA) is 93.3 Å². The molecule has 4 N–H and O–H groups in total. The fraction of sp³-hybridized carbons (Fsp3) is 0.636. The zero-order valence-electron chi connectivity index (χ0n) is 9.94. The average molecular weight is 238 g/mol. The number of aryl methyl sites for hydroxylation is 1. The summed E-state index contributed by atoms with van der Waals surface area (Å²) < 4.78 is 5.30. The summed E-state index contributed by atoms with van der Waals surface area (Å²) in [5, 5.41) is 12.8. The van der Waals surface area contributed by atoms with Gasteiger partial charge in [-0.2, -0.15) is 0 Å². The van der Waals surface area contributed by atoms with E-state index in [0.717, 1.165) is 12.8 Å². The quantitative estimate of drug-likeness (QED) is 0.702. The van der Waals surface area contributed by atoms with Crippen molar-refractivity contribution in [1.29, 1.82) is 0 Å². The molecular formula is C11H18N4O2. The van der Waals surface area contributed by atoms with Gasteiger partial charge in [0, 0.05) is 19.3 Å². The Bertz CT molecular complexity index is 371. The first-order valence-corrected chi connectivity index (χ1v) is 5.71. The normalized spacial score (nSPS) is 18.9. The lowest BCUT2D eigenvalue weighted by molar-refractivity contribution is 0.0378. The van der Waals surface area contributed by atoms with E-state index in [1.807, 2.05) is 0 Å². The van der Waals surface area contributed by atoms with Crippen LogP contribution in [0.3, 0.4) is 0 Å². The monoisotopic (exact) mass is 238 g/mol. The molecule has 1 saturated heterocycles. The number of nitrogens with zero attached hydrogens (tertiary/aromatic N) is 2. The van der Waals surface area contributed by atoms with E-state index in [2.05, 4.69) is 15.3 Å². The number of nitrogens with one attached hydrogen (secondary N) is 1. The molecule has 94 valence electrons. The highest BCUT2D eigenvalue weighted by atomic mass is 16.5. The van der Waals surface area contributed by atoms with Crippen molar-refractivity contribution >= 4 is 11.6 Å². The molecule has 1 aliphatic rings. The lowest BCUT2D eigenvalue weighted by Gasteiger charge is -2.36. The molecule has 6 nitrogen and oxygen atoms in total. The Morgan fingerprint density at radius 2 is 2.18 bits per heavy atom. The second-order valence-corrected chi connectivity index (χ2v) is 4.40. The number of nitrogens with two attached hydrogens (primary N) is 1. The molecule has 0 saturated carbocycles. The molecule has 0 unspecified atom stereocenters. The van der Waals surface area contributed by atoms with Crippen molar-refractivity contribution in [3.63, 3.8) is 0 Å². The summed E-state index contributed by atoms with van der Waals surface area (Å²) in [5.41, 5.74) is 5.32. The first kappa shape index (κ1) is 12.1. The van der Waals surface area contributed by atoms with Crippen LogP contribution in [0.1, 0.15) is 18.7 Å². The Kier molecular flexibility index (Phi) is 3.44. The molecular weight excluding hydrogens is 220 g/mol. The number of hydrogen-bond acceptors (Lipinski definition) is 6. The van der Waals surface area contributed by atoms with Gasteiger partial charge in [0.15, 0.2) is 0 Å².